The minimum Gasteiger partial charge on any atom is -0.350 e. The zero-order valence-corrected chi connectivity index (χ0v) is 18.0. The summed E-state index contributed by atoms with van der Waals surface area (Å²) >= 11 is 0. The lowest BCUT2D eigenvalue weighted by Crippen LogP contribution is -2.28. The highest BCUT2D eigenvalue weighted by molar-refractivity contribution is 6.00. The molecule has 1 heterocycles. The van der Waals surface area contributed by atoms with E-state index in [1.807, 2.05) is 18.3 Å². The second-order valence-electron chi connectivity index (χ2n) is 8.74. The van der Waals surface area contributed by atoms with Crippen LogP contribution in [0.1, 0.15) is 52.4 Å². The Bertz CT molecular complexity index is 1030. The number of hydrogen-bond donors (Lipinski definition) is 0. The Morgan fingerprint density at radius 3 is 2.53 bits per heavy atom. The highest BCUT2D eigenvalue weighted by atomic mass is 16.1. The third kappa shape index (κ3) is 4.30. The molecule has 2 aromatic rings. The fraction of sp³-hybridized carbons (Fsp3) is 0.333. The Morgan fingerprint density at radius 2 is 1.80 bits per heavy atom. The number of allylic oxidation sites excluding steroid dienone is 2. The Hall–Kier alpha value is -2.94. The molecule has 2 aromatic carbocycles. The topological polar surface area (TPSA) is 37.4 Å². The molecule has 1 aliphatic heterocycles. The van der Waals surface area contributed by atoms with Crippen LogP contribution in [0.4, 0.5) is 0 Å². The van der Waals surface area contributed by atoms with Crippen molar-refractivity contribution >= 4 is 11.6 Å². The Morgan fingerprint density at radius 1 is 1.07 bits per heavy atom. The average molecular weight is 400 g/mol. The molecule has 0 saturated carbocycles. The van der Waals surface area contributed by atoms with Gasteiger partial charge in [0, 0.05) is 41.9 Å². The van der Waals surface area contributed by atoms with Gasteiger partial charge < -0.3 is 4.90 Å². The van der Waals surface area contributed by atoms with Gasteiger partial charge in [-0.15, -0.1) is 0 Å². The molecule has 0 fully saturated rings. The Balaban J connectivity index is 1.49. The molecular weight excluding hydrogens is 370 g/mol. The highest BCUT2D eigenvalue weighted by Crippen LogP contribution is 2.34. The van der Waals surface area contributed by atoms with Crippen molar-refractivity contribution in [1.82, 2.24) is 4.90 Å². The molecule has 0 aromatic heterocycles. The number of nitrogens with zero attached hydrogens (tertiary/aromatic N) is 1. The Labute approximate surface area is 179 Å². The molecule has 0 spiro atoms. The molecule has 4 rings (SSSR count). The molecule has 154 valence electrons. The molecule has 2 unspecified atom stereocenters. The van der Waals surface area contributed by atoms with E-state index in [4.69, 9.17) is 0 Å². The maximum atomic E-state index is 13.1. The standard InChI is InChI=1S/C27H29NO2/c1-18-4-7-21(8-5-18)16-28-13-12-23(26(17-28)20(3)29)15-24-10-9-22-14-19(2)6-11-25(22)27(24)30/h4-8,11-14,17,23-24H,9-10,15-16H2,1-3H3. The molecule has 3 heteroatoms. The maximum Gasteiger partial charge on any atom is 0.166 e. The first-order valence-corrected chi connectivity index (χ1v) is 10.8. The summed E-state index contributed by atoms with van der Waals surface area (Å²) in [5.41, 5.74) is 6.48. The fourth-order valence-electron chi connectivity index (χ4n) is 4.58. The SMILES string of the molecule is CC(=O)C1=CN(Cc2ccc(C)cc2)C=CC1CC1CCc2cc(C)ccc2C1=O. The molecule has 1 aliphatic carbocycles. The maximum absolute atomic E-state index is 13.1. The molecule has 0 saturated heterocycles. The summed E-state index contributed by atoms with van der Waals surface area (Å²) in [6.45, 7) is 6.50. The molecule has 0 bridgehead atoms. The third-order valence-electron chi connectivity index (χ3n) is 6.30. The minimum atomic E-state index is -0.0266. The first-order chi connectivity index (χ1) is 14.4. The van der Waals surface area contributed by atoms with Gasteiger partial charge in [0.05, 0.1) is 0 Å². The van der Waals surface area contributed by atoms with E-state index >= 15 is 0 Å². The first-order valence-electron chi connectivity index (χ1n) is 10.8. The van der Waals surface area contributed by atoms with Crippen LogP contribution in [-0.2, 0) is 17.8 Å². The number of Topliss-reactive ketones (excluding diaryl/α,β-unsaturated/α-hetero) is 2. The van der Waals surface area contributed by atoms with Crippen molar-refractivity contribution in [3.63, 3.8) is 0 Å². The lowest BCUT2D eigenvalue weighted by molar-refractivity contribution is -0.114. The highest BCUT2D eigenvalue weighted by Gasteiger charge is 2.31. The van der Waals surface area contributed by atoms with Crippen molar-refractivity contribution in [2.75, 3.05) is 0 Å². The van der Waals surface area contributed by atoms with E-state index in [0.29, 0.717) is 6.42 Å². The average Bonchev–Trinajstić information content (AvgIpc) is 2.72. The summed E-state index contributed by atoms with van der Waals surface area (Å²) in [6, 6.07) is 14.6. The van der Waals surface area contributed by atoms with E-state index in [1.54, 1.807) is 6.92 Å². The summed E-state index contributed by atoms with van der Waals surface area (Å²) in [6.07, 6.45) is 8.62. The summed E-state index contributed by atoms with van der Waals surface area (Å²) in [4.78, 5) is 27.5. The van der Waals surface area contributed by atoms with Crippen LogP contribution in [0.15, 0.2) is 66.5 Å². The van der Waals surface area contributed by atoms with Crippen molar-refractivity contribution in [1.29, 1.82) is 0 Å². The predicted molar refractivity (Wildman–Crippen MR) is 120 cm³/mol. The van der Waals surface area contributed by atoms with Gasteiger partial charge in [-0.1, -0.05) is 59.7 Å². The van der Waals surface area contributed by atoms with Crippen LogP contribution in [0.25, 0.3) is 0 Å². The normalized spacial score (nSPS) is 20.7. The quantitative estimate of drug-likeness (QED) is 0.661. The van der Waals surface area contributed by atoms with Gasteiger partial charge >= 0.3 is 0 Å². The monoisotopic (exact) mass is 399 g/mol. The van der Waals surface area contributed by atoms with Crippen molar-refractivity contribution in [2.24, 2.45) is 11.8 Å². The smallest absolute Gasteiger partial charge is 0.166 e. The number of carbonyl (C=O) groups is 2. The molecule has 0 amide bonds. The van der Waals surface area contributed by atoms with Crippen LogP contribution in [0.2, 0.25) is 0 Å². The fourth-order valence-corrected chi connectivity index (χ4v) is 4.58. The lowest BCUT2D eigenvalue weighted by Gasteiger charge is -2.30. The van der Waals surface area contributed by atoms with Gasteiger partial charge in [-0.3, -0.25) is 9.59 Å². The van der Waals surface area contributed by atoms with Gasteiger partial charge in [0.1, 0.15) is 0 Å². The second-order valence-corrected chi connectivity index (χ2v) is 8.74. The van der Waals surface area contributed by atoms with E-state index in [0.717, 1.165) is 30.5 Å². The predicted octanol–water partition coefficient (Wildman–Crippen LogP) is 5.56. The largest absolute Gasteiger partial charge is 0.350 e. The third-order valence-corrected chi connectivity index (χ3v) is 6.30. The number of benzene rings is 2. The zero-order valence-electron chi connectivity index (χ0n) is 18.0. The van der Waals surface area contributed by atoms with E-state index in [9.17, 15) is 9.59 Å². The molecule has 30 heavy (non-hydrogen) atoms. The number of hydrogen-bond acceptors (Lipinski definition) is 3. The second kappa shape index (κ2) is 8.43. The number of carbonyl (C=O) groups excluding carboxylic acids is 2. The number of aryl methyl sites for hydroxylation is 3. The molecule has 2 atom stereocenters. The van der Waals surface area contributed by atoms with Crippen LogP contribution in [0, 0.1) is 25.7 Å². The van der Waals surface area contributed by atoms with E-state index in [-0.39, 0.29) is 23.4 Å². The van der Waals surface area contributed by atoms with Crippen molar-refractivity contribution in [3.05, 3.63) is 94.3 Å². The summed E-state index contributed by atoms with van der Waals surface area (Å²) in [7, 11) is 0. The van der Waals surface area contributed by atoms with Crippen molar-refractivity contribution in [3.8, 4) is 0 Å². The summed E-state index contributed by atoms with van der Waals surface area (Å²) in [5, 5.41) is 0. The zero-order chi connectivity index (χ0) is 21.3. The first kappa shape index (κ1) is 20.3. The number of fused-ring (bicyclic) bond motifs is 1. The van der Waals surface area contributed by atoms with E-state index in [1.165, 1.54) is 22.3 Å². The minimum absolute atomic E-state index is 0.00211. The van der Waals surface area contributed by atoms with Crippen molar-refractivity contribution < 1.29 is 9.59 Å². The molecule has 0 N–H and O–H groups in total. The van der Waals surface area contributed by atoms with Gasteiger partial charge in [-0.25, -0.2) is 0 Å². The molecule has 2 aliphatic rings. The summed E-state index contributed by atoms with van der Waals surface area (Å²) in [5.74, 6) is 0.283. The molecular formula is C27H29NO2. The van der Waals surface area contributed by atoms with Crippen LogP contribution in [0.3, 0.4) is 0 Å². The van der Waals surface area contributed by atoms with Gasteiger partial charge in [0.15, 0.2) is 11.6 Å². The van der Waals surface area contributed by atoms with Crippen LogP contribution < -0.4 is 0 Å². The van der Waals surface area contributed by atoms with E-state index < -0.39 is 0 Å². The number of rotatable bonds is 5. The van der Waals surface area contributed by atoms with Gasteiger partial charge in [-0.2, -0.15) is 0 Å². The van der Waals surface area contributed by atoms with Crippen LogP contribution in [-0.4, -0.2) is 16.5 Å². The van der Waals surface area contributed by atoms with Gasteiger partial charge in [-0.05, 0) is 51.2 Å². The van der Waals surface area contributed by atoms with E-state index in [2.05, 4.69) is 61.4 Å². The van der Waals surface area contributed by atoms with Gasteiger partial charge in [0.2, 0.25) is 0 Å². The van der Waals surface area contributed by atoms with Crippen molar-refractivity contribution in [2.45, 2.75) is 46.6 Å². The van der Waals surface area contributed by atoms with Gasteiger partial charge in [0.25, 0.3) is 0 Å². The van der Waals surface area contributed by atoms with Crippen LogP contribution >= 0.6 is 0 Å². The molecule has 3 nitrogen and oxygen atoms in total. The molecule has 0 radical (unpaired) electrons. The Kier molecular flexibility index (Phi) is 5.72. The number of ketones is 2. The summed E-state index contributed by atoms with van der Waals surface area (Å²) < 4.78 is 0. The lowest BCUT2D eigenvalue weighted by atomic mass is 9.76. The van der Waals surface area contributed by atoms with Crippen LogP contribution in [0.5, 0.6) is 0 Å².